The van der Waals surface area contributed by atoms with Crippen LogP contribution in [0.1, 0.15) is 46.5 Å². The maximum atomic E-state index is 11.5. The van der Waals surface area contributed by atoms with E-state index in [9.17, 15) is 19.2 Å². The number of rotatable bonds is 3. The van der Waals surface area contributed by atoms with Crippen molar-refractivity contribution in [3.05, 3.63) is 0 Å². The Morgan fingerprint density at radius 2 is 1.70 bits per heavy atom. The Morgan fingerprint density at radius 3 is 2.22 bits per heavy atom. The van der Waals surface area contributed by atoms with Crippen molar-refractivity contribution < 1.29 is 33.5 Å². The zero-order valence-electron chi connectivity index (χ0n) is 13.3. The van der Waals surface area contributed by atoms with Crippen molar-refractivity contribution in [2.45, 2.75) is 64.2 Å². The SMILES string of the molecule is CC(C)(C)OC(=O)NC1CC(OC(=O)ON2C(=O)CCC2=O)C1. The molecule has 3 amide bonds. The normalized spacial score (nSPS) is 24.0. The second kappa shape index (κ2) is 6.43. The summed E-state index contributed by atoms with van der Waals surface area (Å²) in [6.45, 7) is 5.28. The molecule has 0 aromatic heterocycles. The highest BCUT2D eigenvalue weighted by Crippen LogP contribution is 2.25. The molecule has 0 aromatic carbocycles. The summed E-state index contributed by atoms with van der Waals surface area (Å²) in [6.07, 6.45) is -1.19. The van der Waals surface area contributed by atoms with Gasteiger partial charge in [-0.05, 0) is 20.8 Å². The molecule has 128 valence electrons. The van der Waals surface area contributed by atoms with Crippen LogP contribution in [0.4, 0.5) is 9.59 Å². The van der Waals surface area contributed by atoms with E-state index in [0.717, 1.165) is 0 Å². The highest BCUT2D eigenvalue weighted by atomic mass is 16.8. The van der Waals surface area contributed by atoms with E-state index in [1.165, 1.54) is 0 Å². The lowest BCUT2D eigenvalue weighted by molar-refractivity contribution is -0.180. The summed E-state index contributed by atoms with van der Waals surface area (Å²) in [7, 11) is 0. The first-order chi connectivity index (χ1) is 10.6. The van der Waals surface area contributed by atoms with Crippen LogP contribution < -0.4 is 5.32 Å². The van der Waals surface area contributed by atoms with Gasteiger partial charge in [-0.3, -0.25) is 14.4 Å². The molecule has 1 aliphatic carbocycles. The van der Waals surface area contributed by atoms with E-state index < -0.39 is 35.8 Å². The fourth-order valence-electron chi connectivity index (χ4n) is 2.14. The molecule has 0 spiro atoms. The summed E-state index contributed by atoms with van der Waals surface area (Å²) in [5.41, 5.74) is -0.581. The van der Waals surface area contributed by atoms with Crippen LogP contribution >= 0.6 is 0 Å². The van der Waals surface area contributed by atoms with Gasteiger partial charge in [-0.1, -0.05) is 5.06 Å². The number of alkyl carbamates (subject to hydrolysis) is 1. The van der Waals surface area contributed by atoms with Crippen molar-refractivity contribution in [1.29, 1.82) is 0 Å². The van der Waals surface area contributed by atoms with E-state index in [1.54, 1.807) is 20.8 Å². The lowest BCUT2D eigenvalue weighted by atomic mass is 9.89. The number of nitrogens with zero attached hydrogens (tertiary/aromatic N) is 1. The van der Waals surface area contributed by atoms with Crippen molar-refractivity contribution >= 4 is 24.1 Å². The summed E-state index contributed by atoms with van der Waals surface area (Å²) in [5.74, 6) is -1.13. The Morgan fingerprint density at radius 1 is 1.13 bits per heavy atom. The van der Waals surface area contributed by atoms with Crippen LogP contribution in [0.15, 0.2) is 0 Å². The van der Waals surface area contributed by atoms with E-state index >= 15 is 0 Å². The molecule has 0 aromatic rings. The van der Waals surface area contributed by atoms with Gasteiger partial charge in [0.15, 0.2) is 0 Å². The fraction of sp³-hybridized carbons (Fsp3) is 0.714. The largest absolute Gasteiger partial charge is 0.534 e. The van der Waals surface area contributed by atoms with Gasteiger partial charge < -0.3 is 14.8 Å². The number of nitrogens with one attached hydrogen (secondary N) is 1. The van der Waals surface area contributed by atoms with Gasteiger partial charge in [0.1, 0.15) is 11.7 Å². The monoisotopic (exact) mass is 328 g/mol. The summed E-state index contributed by atoms with van der Waals surface area (Å²) < 4.78 is 10.1. The highest BCUT2D eigenvalue weighted by Gasteiger charge is 2.37. The highest BCUT2D eigenvalue weighted by molar-refractivity contribution is 6.01. The molecule has 0 bridgehead atoms. The average Bonchev–Trinajstić information content (AvgIpc) is 2.65. The van der Waals surface area contributed by atoms with E-state index in [0.29, 0.717) is 17.9 Å². The zero-order valence-corrected chi connectivity index (χ0v) is 13.3. The number of imide groups is 1. The molecule has 2 aliphatic rings. The number of carbonyl (C=O) groups is 4. The number of amides is 3. The first kappa shape index (κ1) is 17.0. The Kier molecular flexibility index (Phi) is 4.76. The van der Waals surface area contributed by atoms with Gasteiger partial charge >= 0.3 is 12.2 Å². The Hall–Kier alpha value is -2.32. The van der Waals surface area contributed by atoms with E-state index in [1.807, 2.05) is 0 Å². The summed E-state index contributed by atoms with van der Waals surface area (Å²) in [4.78, 5) is 50.2. The van der Waals surface area contributed by atoms with Crippen LogP contribution in [-0.4, -0.2) is 46.9 Å². The van der Waals surface area contributed by atoms with Crippen LogP contribution in [-0.2, 0) is 23.9 Å². The molecule has 2 fully saturated rings. The molecule has 2 rings (SSSR count). The topological polar surface area (TPSA) is 111 Å². The molecule has 9 heteroatoms. The summed E-state index contributed by atoms with van der Waals surface area (Å²) >= 11 is 0. The van der Waals surface area contributed by atoms with Gasteiger partial charge in [0.2, 0.25) is 0 Å². The van der Waals surface area contributed by atoms with E-state index in [-0.39, 0.29) is 18.9 Å². The first-order valence-corrected chi connectivity index (χ1v) is 7.38. The average molecular weight is 328 g/mol. The van der Waals surface area contributed by atoms with E-state index in [4.69, 9.17) is 9.47 Å². The van der Waals surface area contributed by atoms with Crippen LogP contribution in [0.5, 0.6) is 0 Å². The molecule has 1 heterocycles. The third-order valence-electron chi connectivity index (χ3n) is 3.25. The minimum atomic E-state index is -1.10. The second-order valence-corrected chi connectivity index (χ2v) is 6.48. The molecular formula is C14H20N2O7. The predicted molar refractivity (Wildman–Crippen MR) is 74.8 cm³/mol. The van der Waals surface area contributed by atoms with Gasteiger partial charge in [-0.2, -0.15) is 0 Å². The van der Waals surface area contributed by atoms with Crippen LogP contribution in [0.25, 0.3) is 0 Å². The number of hydrogen-bond donors (Lipinski definition) is 1. The van der Waals surface area contributed by atoms with Crippen LogP contribution in [0.2, 0.25) is 0 Å². The number of hydroxylamine groups is 2. The lowest BCUT2D eigenvalue weighted by Crippen LogP contribution is -2.50. The predicted octanol–water partition coefficient (Wildman–Crippen LogP) is 1.26. The number of hydrogen-bond acceptors (Lipinski definition) is 7. The number of carbonyl (C=O) groups excluding carboxylic acids is 4. The Balaban J connectivity index is 1.66. The molecule has 1 aliphatic heterocycles. The van der Waals surface area contributed by atoms with Gasteiger partial charge in [0.25, 0.3) is 11.8 Å². The Labute approximate surface area is 133 Å². The minimum absolute atomic E-state index is 0.0252. The third-order valence-corrected chi connectivity index (χ3v) is 3.25. The third kappa shape index (κ3) is 4.83. The first-order valence-electron chi connectivity index (χ1n) is 7.38. The molecule has 9 nitrogen and oxygen atoms in total. The molecule has 1 N–H and O–H groups in total. The lowest BCUT2D eigenvalue weighted by Gasteiger charge is -2.35. The van der Waals surface area contributed by atoms with Gasteiger partial charge in [0.05, 0.1) is 0 Å². The zero-order chi connectivity index (χ0) is 17.2. The summed E-state index contributed by atoms with van der Waals surface area (Å²) in [5, 5.41) is 3.08. The number of ether oxygens (including phenoxy) is 2. The fourth-order valence-corrected chi connectivity index (χ4v) is 2.14. The molecule has 0 unspecified atom stereocenters. The van der Waals surface area contributed by atoms with Gasteiger partial charge in [-0.15, -0.1) is 0 Å². The quantitative estimate of drug-likeness (QED) is 0.613. The van der Waals surface area contributed by atoms with E-state index in [2.05, 4.69) is 10.2 Å². The summed E-state index contributed by atoms with van der Waals surface area (Å²) in [6, 6.07) is -0.155. The van der Waals surface area contributed by atoms with Crippen molar-refractivity contribution in [1.82, 2.24) is 10.4 Å². The standard InChI is InChI=1S/C14H20N2O7/c1-14(2,3)22-12(19)15-8-6-9(7-8)21-13(20)23-16-10(17)4-5-11(16)18/h8-9H,4-7H2,1-3H3,(H,15,19). The van der Waals surface area contributed by atoms with Gasteiger partial charge in [0, 0.05) is 31.7 Å². The molecule has 23 heavy (non-hydrogen) atoms. The van der Waals surface area contributed by atoms with Gasteiger partial charge in [-0.25, -0.2) is 9.59 Å². The minimum Gasteiger partial charge on any atom is -0.444 e. The van der Waals surface area contributed by atoms with Crippen molar-refractivity contribution in [2.75, 3.05) is 0 Å². The van der Waals surface area contributed by atoms with Crippen molar-refractivity contribution in [3.63, 3.8) is 0 Å². The maximum absolute atomic E-state index is 11.5. The molecule has 1 saturated carbocycles. The molecule has 0 atom stereocenters. The maximum Gasteiger partial charge on any atom is 0.534 e. The van der Waals surface area contributed by atoms with Crippen molar-refractivity contribution in [2.24, 2.45) is 0 Å². The Bertz CT molecular complexity index is 504. The van der Waals surface area contributed by atoms with Crippen LogP contribution in [0, 0.1) is 0 Å². The smallest absolute Gasteiger partial charge is 0.444 e. The molecule has 0 radical (unpaired) electrons. The van der Waals surface area contributed by atoms with Crippen molar-refractivity contribution in [3.8, 4) is 0 Å². The molecule has 1 saturated heterocycles. The van der Waals surface area contributed by atoms with Crippen LogP contribution in [0.3, 0.4) is 0 Å². The second-order valence-electron chi connectivity index (χ2n) is 6.48. The molecular weight excluding hydrogens is 308 g/mol.